The van der Waals surface area contributed by atoms with Crippen LogP contribution in [-0.2, 0) is 6.42 Å². The molecule has 140 valence electrons. The van der Waals surface area contributed by atoms with E-state index in [0.717, 1.165) is 0 Å². The number of nitrogens with zero attached hydrogens (tertiary/aromatic N) is 3. The molecule has 0 saturated carbocycles. The maximum Gasteiger partial charge on any atom is 0.209 e. The summed E-state index contributed by atoms with van der Waals surface area (Å²) in [6.45, 7) is 0. The summed E-state index contributed by atoms with van der Waals surface area (Å²) < 4.78 is 28.0. The summed E-state index contributed by atoms with van der Waals surface area (Å²) in [4.78, 5) is 12.0. The quantitative estimate of drug-likeness (QED) is 0.276. The third-order valence-electron chi connectivity index (χ3n) is 3.99. The van der Waals surface area contributed by atoms with Crippen LogP contribution in [-0.4, -0.2) is 26.4 Å². The lowest BCUT2D eigenvalue weighted by molar-refractivity contribution is 0.0982. The molecule has 2 N–H and O–H groups in total. The predicted molar refractivity (Wildman–Crippen MR) is 100 cm³/mol. The minimum atomic E-state index is -0.365. The Morgan fingerprint density at radius 1 is 1.07 bits per heavy atom. The fourth-order valence-corrected chi connectivity index (χ4v) is 3.33. The molecule has 0 spiro atoms. The fraction of sp³-hybridized carbons (Fsp3) is 0.211. The monoisotopic (exact) mass is 388 g/mol. The van der Waals surface area contributed by atoms with Crippen LogP contribution in [0.25, 0.3) is 0 Å². The zero-order valence-corrected chi connectivity index (χ0v) is 15.3. The van der Waals surface area contributed by atoms with Gasteiger partial charge in [-0.05, 0) is 42.3 Å². The number of benzene rings is 2. The van der Waals surface area contributed by atoms with E-state index in [2.05, 4.69) is 10.2 Å². The molecule has 2 aromatic carbocycles. The van der Waals surface area contributed by atoms with Gasteiger partial charge < -0.3 is 5.84 Å². The highest BCUT2D eigenvalue weighted by molar-refractivity contribution is 7.99. The first-order chi connectivity index (χ1) is 13.0. The molecule has 0 aliphatic rings. The normalized spacial score (nSPS) is 10.9. The van der Waals surface area contributed by atoms with Gasteiger partial charge in [0.05, 0.1) is 0 Å². The van der Waals surface area contributed by atoms with E-state index < -0.39 is 0 Å². The molecule has 0 aliphatic carbocycles. The van der Waals surface area contributed by atoms with Gasteiger partial charge >= 0.3 is 0 Å². The molecule has 3 rings (SSSR count). The first-order valence-corrected chi connectivity index (χ1v) is 9.37. The smallest absolute Gasteiger partial charge is 0.209 e. The van der Waals surface area contributed by atoms with E-state index in [1.165, 1.54) is 46.8 Å². The predicted octanol–water partition coefficient (Wildman–Crippen LogP) is 3.62. The molecule has 3 aromatic rings. The van der Waals surface area contributed by atoms with Gasteiger partial charge in [0.2, 0.25) is 5.16 Å². The summed E-state index contributed by atoms with van der Waals surface area (Å²) in [5, 5.41) is 8.56. The van der Waals surface area contributed by atoms with Crippen molar-refractivity contribution >= 4 is 17.5 Å². The number of thioether (sulfide) groups is 1. The molecule has 27 heavy (non-hydrogen) atoms. The lowest BCUT2D eigenvalue weighted by atomic mass is 10.1. The number of ketones is 1. The third kappa shape index (κ3) is 4.91. The second kappa shape index (κ2) is 8.77. The van der Waals surface area contributed by atoms with Crippen LogP contribution < -0.4 is 5.84 Å². The van der Waals surface area contributed by atoms with Gasteiger partial charge in [-0.25, -0.2) is 13.5 Å². The molecule has 0 fully saturated rings. The lowest BCUT2D eigenvalue weighted by Gasteiger charge is -2.05. The number of carbonyl (C=O) groups is 1. The number of aromatic nitrogens is 3. The van der Waals surface area contributed by atoms with Gasteiger partial charge in [-0.15, -0.1) is 10.2 Å². The molecule has 0 atom stereocenters. The minimum absolute atomic E-state index is 0.0370. The highest BCUT2D eigenvalue weighted by atomic mass is 32.2. The highest BCUT2D eigenvalue weighted by Crippen LogP contribution is 2.19. The maximum absolute atomic E-state index is 13.7. The molecule has 0 bridgehead atoms. The number of hydrogen-bond donors (Lipinski definition) is 1. The van der Waals surface area contributed by atoms with Crippen molar-refractivity contribution < 1.29 is 13.6 Å². The Bertz CT molecular complexity index is 928. The number of hydrogen-bond acceptors (Lipinski definition) is 5. The Kier molecular flexibility index (Phi) is 6.18. The van der Waals surface area contributed by atoms with Gasteiger partial charge in [0.1, 0.15) is 11.6 Å². The maximum atomic E-state index is 13.7. The van der Waals surface area contributed by atoms with Crippen molar-refractivity contribution in [1.29, 1.82) is 0 Å². The Balaban J connectivity index is 1.50. The van der Waals surface area contributed by atoms with Crippen LogP contribution in [0.5, 0.6) is 0 Å². The molecular weight excluding hydrogens is 370 g/mol. The van der Waals surface area contributed by atoms with Crippen LogP contribution in [0, 0.1) is 11.6 Å². The van der Waals surface area contributed by atoms with Crippen LogP contribution in [0.1, 0.15) is 34.6 Å². The number of nitrogens with two attached hydrogens (primary N) is 1. The first kappa shape index (κ1) is 19.0. The molecule has 0 aliphatic heterocycles. The molecule has 0 radical (unpaired) electrons. The topological polar surface area (TPSA) is 73.8 Å². The largest absolute Gasteiger partial charge is 0.336 e. The Morgan fingerprint density at radius 3 is 2.56 bits per heavy atom. The zero-order chi connectivity index (χ0) is 19.2. The molecule has 0 unspecified atom stereocenters. The molecule has 1 aromatic heterocycles. The van der Waals surface area contributed by atoms with Crippen molar-refractivity contribution in [2.75, 3.05) is 11.6 Å². The molecule has 1 heterocycles. The number of Topliss-reactive ketones (excluding diaryl/α,β-unsaturated/α-hetero) is 1. The Hall–Kier alpha value is -2.74. The van der Waals surface area contributed by atoms with Crippen molar-refractivity contribution in [1.82, 2.24) is 14.9 Å². The van der Waals surface area contributed by atoms with E-state index in [9.17, 15) is 13.6 Å². The minimum Gasteiger partial charge on any atom is -0.336 e. The number of nitrogen functional groups attached to an aromatic ring is 1. The summed E-state index contributed by atoms with van der Waals surface area (Å²) >= 11 is 1.38. The average Bonchev–Trinajstić information content (AvgIpc) is 3.01. The van der Waals surface area contributed by atoms with Crippen LogP contribution in [0.4, 0.5) is 8.78 Å². The van der Waals surface area contributed by atoms with E-state index in [1.807, 2.05) is 0 Å². The van der Waals surface area contributed by atoms with Crippen LogP contribution in [0.15, 0.2) is 53.7 Å². The molecule has 0 saturated heterocycles. The fourth-order valence-electron chi connectivity index (χ4n) is 2.51. The van der Waals surface area contributed by atoms with Crippen molar-refractivity contribution in [2.24, 2.45) is 0 Å². The lowest BCUT2D eigenvalue weighted by Crippen LogP contribution is -2.15. The molecule has 0 amide bonds. The van der Waals surface area contributed by atoms with E-state index in [4.69, 9.17) is 5.84 Å². The van der Waals surface area contributed by atoms with Crippen molar-refractivity contribution in [3.05, 3.63) is 77.1 Å². The number of halogens is 2. The van der Waals surface area contributed by atoms with E-state index in [0.29, 0.717) is 40.7 Å². The second-order valence-electron chi connectivity index (χ2n) is 5.92. The second-order valence-corrected chi connectivity index (χ2v) is 6.98. The van der Waals surface area contributed by atoms with Gasteiger partial charge in [-0.1, -0.05) is 30.0 Å². The summed E-state index contributed by atoms with van der Waals surface area (Å²) in [7, 11) is 0. The van der Waals surface area contributed by atoms with Crippen LogP contribution in [0.2, 0.25) is 0 Å². The van der Waals surface area contributed by atoms with Crippen molar-refractivity contribution in [2.45, 2.75) is 24.4 Å². The molecular formula is C19H18F2N4OS. The summed E-state index contributed by atoms with van der Waals surface area (Å²) in [6.07, 6.45) is 1.22. The van der Waals surface area contributed by atoms with Gasteiger partial charge in [-0.3, -0.25) is 4.79 Å². The summed E-state index contributed by atoms with van der Waals surface area (Å²) in [5.74, 6) is 6.37. The standard InChI is InChI=1S/C19H18F2N4OS/c20-15-9-7-13(8-10-15)17(26)6-3-11-27-19-24-23-18(25(19)22)12-14-4-1-2-5-16(14)21/h1-2,4-5,7-10H,3,6,11-12,22H2. The highest BCUT2D eigenvalue weighted by Gasteiger charge is 2.13. The average molecular weight is 388 g/mol. The summed E-state index contributed by atoms with van der Waals surface area (Å²) in [5.41, 5.74) is 0.994. The van der Waals surface area contributed by atoms with E-state index in [-0.39, 0.29) is 23.8 Å². The number of rotatable bonds is 8. The van der Waals surface area contributed by atoms with Crippen LogP contribution >= 0.6 is 11.8 Å². The van der Waals surface area contributed by atoms with E-state index in [1.54, 1.807) is 18.2 Å². The first-order valence-electron chi connectivity index (χ1n) is 8.39. The molecule has 8 heteroatoms. The van der Waals surface area contributed by atoms with Gasteiger partial charge in [0.15, 0.2) is 11.6 Å². The Morgan fingerprint density at radius 2 is 1.81 bits per heavy atom. The Labute approximate surface area is 159 Å². The van der Waals surface area contributed by atoms with Gasteiger partial charge in [0, 0.05) is 24.2 Å². The summed E-state index contributed by atoms with van der Waals surface area (Å²) in [6, 6.07) is 12.0. The van der Waals surface area contributed by atoms with E-state index >= 15 is 0 Å². The van der Waals surface area contributed by atoms with Crippen molar-refractivity contribution in [3.8, 4) is 0 Å². The molecule has 5 nitrogen and oxygen atoms in total. The third-order valence-corrected chi connectivity index (χ3v) is 5.02. The number of carbonyl (C=O) groups excluding carboxylic acids is 1. The van der Waals surface area contributed by atoms with Gasteiger partial charge in [-0.2, -0.15) is 0 Å². The van der Waals surface area contributed by atoms with Gasteiger partial charge in [0.25, 0.3) is 0 Å². The van der Waals surface area contributed by atoms with Crippen molar-refractivity contribution in [3.63, 3.8) is 0 Å². The zero-order valence-electron chi connectivity index (χ0n) is 14.4. The van der Waals surface area contributed by atoms with Crippen LogP contribution in [0.3, 0.4) is 0 Å². The SMILES string of the molecule is Nn1c(Cc2ccccc2F)nnc1SCCCC(=O)c1ccc(F)cc1.